The number of piperidine rings is 1. The van der Waals surface area contributed by atoms with Gasteiger partial charge in [0.25, 0.3) is 5.91 Å². The van der Waals surface area contributed by atoms with Crippen molar-refractivity contribution in [3.63, 3.8) is 0 Å². The van der Waals surface area contributed by atoms with Crippen molar-refractivity contribution in [1.29, 1.82) is 0 Å². The highest BCUT2D eigenvalue weighted by Gasteiger charge is 2.24. The van der Waals surface area contributed by atoms with Gasteiger partial charge in [0, 0.05) is 29.8 Å². The number of amides is 2. The maximum atomic E-state index is 12.3. The molecule has 1 saturated heterocycles. The van der Waals surface area contributed by atoms with Gasteiger partial charge in [-0.2, -0.15) is 0 Å². The summed E-state index contributed by atoms with van der Waals surface area (Å²) in [5, 5.41) is 9.12. The molecule has 128 valence electrons. The summed E-state index contributed by atoms with van der Waals surface area (Å²) in [6, 6.07) is 7.43. The Hall–Kier alpha value is -1.59. The Balaban J connectivity index is 0.00000264. The van der Waals surface area contributed by atoms with Gasteiger partial charge in [0.1, 0.15) is 0 Å². The zero-order valence-corrected chi connectivity index (χ0v) is 14.5. The van der Waals surface area contributed by atoms with Gasteiger partial charge in [0.15, 0.2) is 0 Å². The van der Waals surface area contributed by atoms with Crippen molar-refractivity contribution in [3.8, 4) is 0 Å². The number of carbonyl (C=O) groups is 2. The van der Waals surface area contributed by atoms with Crippen molar-refractivity contribution in [2.45, 2.75) is 39.2 Å². The summed E-state index contributed by atoms with van der Waals surface area (Å²) in [6.45, 7) is 5.67. The monoisotopic (exact) mass is 339 g/mol. The molecule has 1 aromatic carbocycles. The van der Waals surface area contributed by atoms with E-state index in [2.05, 4.69) is 22.9 Å². The third kappa shape index (κ3) is 5.84. The molecule has 1 aliphatic heterocycles. The van der Waals surface area contributed by atoms with Crippen LogP contribution in [0.5, 0.6) is 0 Å². The summed E-state index contributed by atoms with van der Waals surface area (Å²) in [5.41, 5.74) is 1.35. The fourth-order valence-corrected chi connectivity index (χ4v) is 2.66. The Morgan fingerprint density at radius 3 is 2.57 bits per heavy atom. The minimum Gasteiger partial charge on any atom is -0.352 e. The van der Waals surface area contributed by atoms with Gasteiger partial charge < -0.3 is 16.0 Å². The molecule has 1 heterocycles. The number of hydrogen-bond donors (Lipinski definition) is 3. The van der Waals surface area contributed by atoms with Crippen LogP contribution < -0.4 is 16.0 Å². The number of nitrogens with one attached hydrogen (secondary N) is 3. The summed E-state index contributed by atoms with van der Waals surface area (Å²) in [6.07, 6.45) is 2.64. The van der Waals surface area contributed by atoms with Gasteiger partial charge in [-0.3, -0.25) is 9.59 Å². The Bertz CT molecular complexity index is 519. The SMILES string of the molecule is CCCNC(=O)c1ccc(NC(=O)[C@H]2CCN[C@@H](C)C2)cc1.Cl. The maximum absolute atomic E-state index is 12.3. The fraction of sp³-hybridized carbons (Fsp3) is 0.529. The Kier molecular flexibility index (Phi) is 8.06. The number of benzene rings is 1. The summed E-state index contributed by atoms with van der Waals surface area (Å²) in [5.74, 6) is 0.0484. The molecule has 0 saturated carbocycles. The fourth-order valence-electron chi connectivity index (χ4n) is 2.66. The molecule has 2 atom stereocenters. The van der Waals surface area contributed by atoms with Crippen molar-refractivity contribution >= 4 is 29.9 Å². The second-order valence-corrected chi connectivity index (χ2v) is 5.90. The topological polar surface area (TPSA) is 70.2 Å². The van der Waals surface area contributed by atoms with Gasteiger partial charge in [-0.05, 0) is 57.0 Å². The lowest BCUT2D eigenvalue weighted by Gasteiger charge is -2.27. The van der Waals surface area contributed by atoms with Crippen LogP contribution in [0.3, 0.4) is 0 Å². The molecule has 0 aromatic heterocycles. The average Bonchev–Trinajstić information content (AvgIpc) is 2.53. The molecule has 6 heteroatoms. The molecule has 2 amide bonds. The third-order valence-electron chi connectivity index (χ3n) is 3.94. The molecule has 1 fully saturated rings. The predicted octanol–water partition coefficient (Wildman–Crippen LogP) is 2.57. The Labute approximate surface area is 144 Å². The highest BCUT2D eigenvalue weighted by molar-refractivity contribution is 5.96. The van der Waals surface area contributed by atoms with Crippen molar-refractivity contribution in [2.75, 3.05) is 18.4 Å². The van der Waals surface area contributed by atoms with Crippen molar-refractivity contribution in [3.05, 3.63) is 29.8 Å². The summed E-state index contributed by atoms with van der Waals surface area (Å²) < 4.78 is 0. The van der Waals surface area contributed by atoms with E-state index in [1.807, 2.05) is 6.92 Å². The molecular weight excluding hydrogens is 314 g/mol. The zero-order valence-electron chi connectivity index (χ0n) is 13.7. The highest BCUT2D eigenvalue weighted by Crippen LogP contribution is 2.19. The quantitative estimate of drug-likeness (QED) is 0.772. The van der Waals surface area contributed by atoms with E-state index in [0.717, 1.165) is 31.5 Å². The first-order chi connectivity index (χ1) is 10.6. The third-order valence-corrected chi connectivity index (χ3v) is 3.94. The van der Waals surface area contributed by atoms with E-state index in [0.29, 0.717) is 18.2 Å². The van der Waals surface area contributed by atoms with E-state index in [1.54, 1.807) is 24.3 Å². The van der Waals surface area contributed by atoms with Crippen LogP contribution in [0, 0.1) is 5.92 Å². The molecule has 0 bridgehead atoms. The van der Waals surface area contributed by atoms with E-state index in [1.165, 1.54) is 0 Å². The first kappa shape index (κ1) is 19.5. The van der Waals surface area contributed by atoms with E-state index >= 15 is 0 Å². The molecule has 0 radical (unpaired) electrons. The average molecular weight is 340 g/mol. The summed E-state index contributed by atoms with van der Waals surface area (Å²) >= 11 is 0. The normalized spacial score (nSPS) is 20.3. The van der Waals surface area contributed by atoms with Crippen molar-refractivity contribution in [1.82, 2.24) is 10.6 Å². The van der Waals surface area contributed by atoms with Crippen LogP contribution in [0.1, 0.15) is 43.5 Å². The lowest BCUT2D eigenvalue weighted by atomic mass is 9.92. The predicted molar refractivity (Wildman–Crippen MR) is 95.1 cm³/mol. The van der Waals surface area contributed by atoms with Crippen LogP contribution in [0.15, 0.2) is 24.3 Å². The molecule has 5 nitrogen and oxygen atoms in total. The van der Waals surface area contributed by atoms with Crippen molar-refractivity contribution in [2.24, 2.45) is 5.92 Å². The minimum absolute atomic E-state index is 0. The molecule has 0 unspecified atom stereocenters. The van der Waals surface area contributed by atoms with E-state index in [-0.39, 0.29) is 30.1 Å². The Morgan fingerprint density at radius 2 is 1.96 bits per heavy atom. The number of rotatable bonds is 5. The Morgan fingerprint density at radius 1 is 1.26 bits per heavy atom. The molecule has 1 aliphatic rings. The first-order valence-corrected chi connectivity index (χ1v) is 8.02. The van der Waals surface area contributed by atoms with Crippen LogP contribution in [-0.4, -0.2) is 30.9 Å². The molecule has 2 rings (SSSR count). The van der Waals surface area contributed by atoms with Gasteiger partial charge >= 0.3 is 0 Å². The molecule has 3 N–H and O–H groups in total. The lowest BCUT2D eigenvalue weighted by molar-refractivity contribution is -0.120. The van der Waals surface area contributed by atoms with Gasteiger partial charge in [-0.15, -0.1) is 12.4 Å². The van der Waals surface area contributed by atoms with Crippen LogP contribution in [0.4, 0.5) is 5.69 Å². The van der Waals surface area contributed by atoms with Crippen LogP contribution in [-0.2, 0) is 4.79 Å². The van der Waals surface area contributed by atoms with Crippen LogP contribution in [0.2, 0.25) is 0 Å². The number of anilines is 1. The maximum Gasteiger partial charge on any atom is 0.251 e. The summed E-state index contributed by atoms with van der Waals surface area (Å²) in [7, 11) is 0. The smallest absolute Gasteiger partial charge is 0.251 e. The van der Waals surface area contributed by atoms with Gasteiger partial charge in [-0.1, -0.05) is 6.92 Å². The number of halogens is 1. The largest absolute Gasteiger partial charge is 0.352 e. The standard InChI is InChI=1S/C17H25N3O2.ClH/c1-3-9-19-16(21)13-4-6-15(7-5-13)20-17(22)14-8-10-18-12(2)11-14;/h4-7,12,14,18H,3,8-11H2,1-2H3,(H,19,21)(H,20,22);1H/t12-,14-;/m0./s1. The first-order valence-electron chi connectivity index (χ1n) is 8.02. The molecule has 1 aromatic rings. The van der Waals surface area contributed by atoms with Gasteiger partial charge in [0.05, 0.1) is 0 Å². The van der Waals surface area contributed by atoms with Crippen LogP contribution in [0.25, 0.3) is 0 Å². The van der Waals surface area contributed by atoms with Gasteiger partial charge in [-0.25, -0.2) is 0 Å². The number of hydrogen-bond acceptors (Lipinski definition) is 3. The van der Waals surface area contributed by atoms with Gasteiger partial charge in [0.2, 0.25) is 5.91 Å². The highest BCUT2D eigenvalue weighted by atomic mass is 35.5. The minimum atomic E-state index is -0.0769. The number of carbonyl (C=O) groups excluding carboxylic acids is 2. The second-order valence-electron chi connectivity index (χ2n) is 5.90. The van der Waals surface area contributed by atoms with E-state index in [4.69, 9.17) is 0 Å². The second kappa shape index (κ2) is 9.53. The lowest BCUT2D eigenvalue weighted by Crippen LogP contribution is -2.40. The van der Waals surface area contributed by atoms with E-state index in [9.17, 15) is 9.59 Å². The molecule has 0 spiro atoms. The summed E-state index contributed by atoms with van der Waals surface area (Å²) in [4.78, 5) is 24.1. The zero-order chi connectivity index (χ0) is 15.9. The van der Waals surface area contributed by atoms with E-state index < -0.39 is 0 Å². The van der Waals surface area contributed by atoms with Crippen LogP contribution >= 0.6 is 12.4 Å². The molecule has 0 aliphatic carbocycles. The molecule has 23 heavy (non-hydrogen) atoms. The van der Waals surface area contributed by atoms with Crippen molar-refractivity contribution < 1.29 is 9.59 Å². The molecular formula is C17H26ClN3O2.